The minimum Gasteiger partial charge on any atom is -0.494 e. The molecule has 1 N–H and O–H groups in total. The van der Waals surface area contributed by atoms with Crippen LogP contribution in [0, 0.1) is 6.92 Å². The molecule has 0 atom stereocenters. The topological polar surface area (TPSA) is 60.5 Å². The second-order valence-electron chi connectivity index (χ2n) is 7.54. The van der Waals surface area contributed by atoms with Gasteiger partial charge in [-0.25, -0.2) is 4.98 Å². The summed E-state index contributed by atoms with van der Waals surface area (Å²) in [7, 11) is 0. The molecule has 1 heterocycles. The van der Waals surface area contributed by atoms with E-state index in [1.54, 1.807) is 0 Å². The highest BCUT2D eigenvalue weighted by Crippen LogP contribution is 2.32. The Kier molecular flexibility index (Phi) is 8.09. The average Bonchev–Trinajstić information content (AvgIpc) is 3.21. The summed E-state index contributed by atoms with van der Waals surface area (Å²) in [6.07, 6.45) is 0.973. The van der Waals surface area contributed by atoms with E-state index < -0.39 is 0 Å². The van der Waals surface area contributed by atoms with E-state index in [2.05, 4.69) is 53.1 Å². The minimum absolute atomic E-state index is 0.0703. The van der Waals surface area contributed by atoms with Crippen LogP contribution in [0.25, 0.3) is 11.3 Å². The van der Waals surface area contributed by atoms with Crippen molar-refractivity contribution in [1.29, 1.82) is 0 Å². The largest absolute Gasteiger partial charge is 0.494 e. The Morgan fingerprint density at radius 1 is 1.19 bits per heavy atom. The van der Waals surface area contributed by atoms with E-state index in [0.717, 1.165) is 44.8 Å². The maximum absolute atomic E-state index is 12.4. The van der Waals surface area contributed by atoms with E-state index in [-0.39, 0.29) is 18.4 Å². The van der Waals surface area contributed by atoms with Gasteiger partial charge in [0.25, 0.3) is 5.91 Å². The van der Waals surface area contributed by atoms with Gasteiger partial charge in [0.1, 0.15) is 11.5 Å². The zero-order valence-electron chi connectivity index (χ0n) is 18.2. The van der Waals surface area contributed by atoms with Crippen molar-refractivity contribution >= 4 is 38.3 Å². The van der Waals surface area contributed by atoms with Crippen LogP contribution in [0.5, 0.6) is 11.5 Å². The quantitative estimate of drug-likeness (QED) is 0.349. The van der Waals surface area contributed by atoms with Crippen molar-refractivity contribution in [3.8, 4) is 22.8 Å². The van der Waals surface area contributed by atoms with Crippen LogP contribution in [0.2, 0.25) is 0 Å². The molecular weight excluding hydrogens is 476 g/mol. The zero-order chi connectivity index (χ0) is 22.4. The molecule has 1 amide bonds. The number of amides is 1. The van der Waals surface area contributed by atoms with Gasteiger partial charge in [0.15, 0.2) is 11.7 Å². The maximum atomic E-state index is 12.4. The molecular formula is C24H27BrN2O3S. The molecule has 164 valence electrons. The van der Waals surface area contributed by atoms with Gasteiger partial charge in [-0.1, -0.05) is 36.7 Å². The smallest absolute Gasteiger partial charge is 0.264 e. The molecule has 0 unspecified atom stereocenters. The Morgan fingerprint density at radius 2 is 1.94 bits per heavy atom. The highest BCUT2D eigenvalue weighted by molar-refractivity contribution is 9.10. The van der Waals surface area contributed by atoms with Crippen LogP contribution >= 0.6 is 27.3 Å². The summed E-state index contributed by atoms with van der Waals surface area (Å²) in [5.41, 5.74) is 3.92. The van der Waals surface area contributed by atoms with Gasteiger partial charge < -0.3 is 9.47 Å². The van der Waals surface area contributed by atoms with Crippen molar-refractivity contribution in [2.75, 3.05) is 18.5 Å². The maximum Gasteiger partial charge on any atom is 0.264 e. The number of hydrogen-bond donors (Lipinski definition) is 1. The molecule has 0 aliphatic carbocycles. The Balaban J connectivity index is 1.60. The first-order chi connectivity index (χ1) is 14.9. The molecule has 31 heavy (non-hydrogen) atoms. The Morgan fingerprint density at radius 3 is 2.61 bits per heavy atom. The van der Waals surface area contributed by atoms with Crippen LogP contribution in [0.4, 0.5) is 5.13 Å². The van der Waals surface area contributed by atoms with Crippen molar-refractivity contribution in [3.63, 3.8) is 0 Å². The standard InChI is InChI=1S/C24H27BrN2O3S/c1-5-10-29-18-8-6-17(7-9-18)21-14-31-24(26-21)27-23(28)13-30-22-11-16(4)20(25)12-19(22)15(2)3/h6-9,11-12,14-15H,5,10,13H2,1-4H3,(H,26,27,28). The van der Waals surface area contributed by atoms with Gasteiger partial charge in [-0.05, 0) is 66.8 Å². The van der Waals surface area contributed by atoms with Crippen LogP contribution in [0.3, 0.4) is 0 Å². The molecule has 0 aliphatic heterocycles. The lowest BCUT2D eigenvalue weighted by atomic mass is 10.0. The van der Waals surface area contributed by atoms with Gasteiger partial charge in [-0.15, -0.1) is 11.3 Å². The van der Waals surface area contributed by atoms with E-state index >= 15 is 0 Å². The zero-order valence-corrected chi connectivity index (χ0v) is 20.6. The fourth-order valence-corrected chi connectivity index (χ4v) is 4.05. The molecule has 0 saturated carbocycles. The molecule has 3 rings (SSSR count). The van der Waals surface area contributed by atoms with Crippen molar-refractivity contribution < 1.29 is 14.3 Å². The monoisotopic (exact) mass is 502 g/mol. The van der Waals surface area contributed by atoms with Gasteiger partial charge in [0.2, 0.25) is 0 Å². The molecule has 1 aromatic heterocycles. The predicted octanol–water partition coefficient (Wildman–Crippen LogP) is 6.81. The number of carbonyl (C=O) groups excluding carboxylic acids is 1. The molecule has 2 aromatic carbocycles. The van der Waals surface area contributed by atoms with Crippen LogP contribution < -0.4 is 14.8 Å². The number of aryl methyl sites for hydroxylation is 1. The normalized spacial score (nSPS) is 10.9. The van der Waals surface area contributed by atoms with E-state index in [1.165, 1.54) is 11.3 Å². The van der Waals surface area contributed by atoms with E-state index in [1.807, 2.05) is 42.6 Å². The number of thiazole rings is 1. The summed E-state index contributed by atoms with van der Waals surface area (Å²) >= 11 is 4.95. The molecule has 0 spiro atoms. The van der Waals surface area contributed by atoms with E-state index in [9.17, 15) is 4.79 Å². The number of nitrogens with zero attached hydrogens (tertiary/aromatic N) is 1. The third-order valence-corrected chi connectivity index (χ3v) is 6.26. The predicted molar refractivity (Wildman–Crippen MR) is 130 cm³/mol. The Labute approximate surface area is 195 Å². The highest BCUT2D eigenvalue weighted by atomic mass is 79.9. The number of rotatable bonds is 9. The first kappa shape index (κ1) is 23.3. The number of ether oxygens (including phenoxy) is 2. The van der Waals surface area contributed by atoms with Crippen LogP contribution in [0.15, 0.2) is 46.3 Å². The molecule has 0 aliphatic rings. The number of aromatic nitrogens is 1. The van der Waals surface area contributed by atoms with Crippen molar-refractivity contribution in [3.05, 3.63) is 57.4 Å². The Bertz CT molecular complexity index is 1030. The third kappa shape index (κ3) is 6.31. The van der Waals surface area contributed by atoms with Crippen LogP contribution in [-0.4, -0.2) is 24.1 Å². The lowest BCUT2D eigenvalue weighted by Gasteiger charge is -2.15. The number of anilines is 1. The summed E-state index contributed by atoms with van der Waals surface area (Å²) in [5.74, 6) is 1.63. The summed E-state index contributed by atoms with van der Waals surface area (Å²) in [6.45, 7) is 8.91. The molecule has 3 aromatic rings. The fraction of sp³-hybridized carbons (Fsp3) is 0.333. The van der Waals surface area contributed by atoms with Crippen molar-refractivity contribution in [2.24, 2.45) is 0 Å². The molecule has 7 heteroatoms. The fourth-order valence-electron chi connectivity index (χ4n) is 2.95. The molecule has 5 nitrogen and oxygen atoms in total. The average molecular weight is 503 g/mol. The lowest BCUT2D eigenvalue weighted by molar-refractivity contribution is -0.118. The van der Waals surface area contributed by atoms with E-state index in [4.69, 9.17) is 9.47 Å². The number of benzene rings is 2. The summed E-state index contributed by atoms with van der Waals surface area (Å²) in [6, 6.07) is 11.8. The number of carbonyl (C=O) groups is 1. The summed E-state index contributed by atoms with van der Waals surface area (Å²) in [4.78, 5) is 16.9. The van der Waals surface area contributed by atoms with Gasteiger partial charge in [0, 0.05) is 15.4 Å². The second-order valence-corrected chi connectivity index (χ2v) is 9.25. The van der Waals surface area contributed by atoms with Gasteiger partial charge in [-0.2, -0.15) is 0 Å². The Hall–Kier alpha value is -2.38. The molecule has 0 fully saturated rings. The summed E-state index contributed by atoms with van der Waals surface area (Å²) in [5, 5.41) is 5.30. The van der Waals surface area contributed by atoms with Crippen LogP contribution in [-0.2, 0) is 4.79 Å². The SMILES string of the molecule is CCCOc1ccc(-c2csc(NC(=O)COc3cc(C)c(Br)cc3C(C)C)n2)cc1. The molecule has 0 saturated heterocycles. The number of halogens is 1. The van der Waals surface area contributed by atoms with Crippen molar-refractivity contribution in [2.45, 2.75) is 40.0 Å². The lowest BCUT2D eigenvalue weighted by Crippen LogP contribution is -2.20. The first-order valence-corrected chi connectivity index (χ1v) is 12.0. The van der Waals surface area contributed by atoms with Gasteiger partial charge in [0.05, 0.1) is 12.3 Å². The minimum atomic E-state index is -0.237. The van der Waals surface area contributed by atoms with Crippen LogP contribution in [0.1, 0.15) is 44.2 Å². The van der Waals surface area contributed by atoms with Crippen molar-refractivity contribution in [1.82, 2.24) is 4.98 Å². The summed E-state index contributed by atoms with van der Waals surface area (Å²) < 4.78 is 12.5. The molecule has 0 bridgehead atoms. The highest BCUT2D eigenvalue weighted by Gasteiger charge is 2.14. The van der Waals surface area contributed by atoms with E-state index in [0.29, 0.717) is 11.7 Å². The number of hydrogen-bond acceptors (Lipinski definition) is 5. The number of nitrogens with one attached hydrogen (secondary N) is 1. The molecule has 0 radical (unpaired) electrons. The third-order valence-electron chi connectivity index (χ3n) is 4.65. The second kappa shape index (κ2) is 10.8. The van der Waals surface area contributed by atoms with Gasteiger partial charge in [-0.3, -0.25) is 10.1 Å². The first-order valence-electron chi connectivity index (χ1n) is 10.3. The van der Waals surface area contributed by atoms with Gasteiger partial charge >= 0.3 is 0 Å².